The minimum Gasteiger partial charge on any atom is -0.369 e. The molecule has 1 amide bonds. The van der Waals surface area contributed by atoms with Crippen LogP contribution in [0.15, 0.2) is 18.2 Å². The number of halogens is 1. The molecule has 2 N–H and O–H groups in total. The summed E-state index contributed by atoms with van der Waals surface area (Å²) in [6, 6.07) is 4.65. The third kappa shape index (κ3) is 2.60. The Bertz CT molecular complexity index is 415. The van der Waals surface area contributed by atoms with Gasteiger partial charge in [0.15, 0.2) is 0 Å². The van der Waals surface area contributed by atoms with Crippen LogP contribution in [-0.4, -0.2) is 5.91 Å². The molecule has 0 saturated heterocycles. The lowest BCUT2D eigenvalue weighted by atomic mass is 10.1. The molecule has 3 heteroatoms. The highest BCUT2D eigenvalue weighted by atomic mass is 19.1. The number of carbonyl (C=O) groups is 1. The highest BCUT2D eigenvalue weighted by Crippen LogP contribution is 2.10. The van der Waals surface area contributed by atoms with Crippen molar-refractivity contribution in [1.82, 2.24) is 0 Å². The fourth-order valence-corrected chi connectivity index (χ4v) is 0.969. The summed E-state index contributed by atoms with van der Waals surface area (Å²) >= 11 is 0. The molecule has 0 aliphatic carbocycles. The molecule has 0 radical (unpaired) electrons. The van der Waals surface area contributed by atoms with Gasteiger partial charge in [0.2, 0.25) is 5.91 Å². The molecule has 72 valence electrons. The second-order valence-corrected chi connectivity index (χ2v) is 2.86. The van der Waals surface area contributed by atoms with E-state index < -0.39 is 5.91 Å². The van der Waals surface area contributed by atoms with Gasteiger partial charge in [0.25, 0.3) is 0 Å². The van der Waals surface area contributed by atoms with Crippen molar-refractivity contribution in [2.24, 2.45) is 5.73 Å². The first-order valence-corrected chi connectivity index (χ1v) is 4.13. The molecule has 1 aromatic rings. The summed E-state index contributed by atoms with van der Waals surface area (Å²) in [5.74, 6) is 4.50. The number of nitrogens with two attached hydrogens (primary N) is 1. The lowest BCUT2D eigenvalue weighted by molar-refractivity contribution is -0.117. The van der Waals surface area contributed by atoms with Crippen LogP contribution in [0.2, 0.25) is 0 Å². The average Bonchev–Trinajstić information content (AvgIpc) is 2.12. The van der Waals surface area contributed by atoms with Crippen molar-refractivity contribution >= 4 is 5.91 Å². The van der Waals surface area contributed by atoms with Crippen LogP contribution in [0.3, 0.4) is 0 Å². The van der Waals surface area contributed by atoms with E-state index in [4.69, 9.17) is 5.73 Å². The molecule has 2 nitrogen and oxygen atoms in total. The summed E-state index contributed by atoms with van der Waals surface area (Å²) in [6.45, 7) is 1.64. The molecule has 0 aromatic heterocycles. The van der Waals surface area contributed by atoms with Crippen LogP contribution in [0.5, 0.6) is 0 Å². The molecule has 0 aliphatic rings. The third-order valence-corrected chi connectivity index (χ3v) is 1.75. The molecule has 14 heavy (non-hydrogen) atoms. The van der Waals surface area contributed by atoms with Crippen molar-refractivity contribution in [2.75, 3.05) is 0 Å². The van der Waals surface area contributed by atoms with Gasteiger partial charge in [0.05, 0.1) is 6.42 Å². The second-order valence-electron chi connectivity index (χ2n) is 2.86. The zero-order valence-electron chi connectivity index (χ0n) is 7.80. The van der Waals surface area contributed by atoms with Crippen LogP contribution in [0.25, 0.3) is 0 Å². The maximum Gasteiger partial charge on any atom is 0.229 e. The Morgan fingerprint density at radius 3 is 2.93 bits per heavy atom. The SMILES string of the molecule is Cc1c(F)cccc1C#CCC(N)=O. The van der Waals surface area contributed by atoms with Crippen molar-refractivity contribution in [3.05, 3.63) is 35.1 Å². The van der Waals surface area contributed by atoms with Gasteiger partial charge in [0.1, 0.15) is 5.82 Å². The van der Waals surface area contributed by atoms with Gasteiger partial charge in [-0.3, -0.25) is 4.79 Å². The van der Waals surface area contributed by atoms with Crippen molar-refractivity contribution in [1.29, 1.82) is 0 Å². The molecule has 0 heterocycles. The monoisotopic (exact) mass is 191 g/mol. The Hall–Kier alpha value is -1.82. The number of rotatable bonds is 1. The minimum atomic E-state index is -0.480. The van der Waals surface area contributed by atoms with E-state index in [-0.39, 0.29) is 12.2 Å². The quantitative estimate of drug-likeness (QED) is 0.669. The van der Waals surface area contributed by atoms with E-state index in [2.05, 4.69) is 11.8 Å². The average molecular weight is 191 g/mol. The zero-order valence-corrected chi connectivity index (χ0v) is 7.80. The van der Waals surface area contributed by atoms with E-state index in [1.807, 2.05) is 0 Å². The fourth-order valence-electron chi connectivity index (χ4n) is 0.969. The van der Waals surface area contributed by atoms with Gasteiger partial charge in [-0.1, -0.05) is 17.9 Å². The van der Waals surface area contributed by atoms with Crippen LogP contribution >= 0.6 is 0 Å². The topological polar surface area (TPSA) is 43.1 Å². The standard InChI is InChI=1S/C11H10FNO/c1-8-9(4-2-6-10(8)12)5-3-7-11(13)14/h2,4,6H,7H2,1H3,(H2,13,14). The van der Waals surface area contributed by atoms with Crippen molar-refractivity contribution in [3.8, 4) is 11.8 Å². The van der Waals surface area contributed by atoms with E-state index in [0.29, 0.717) is 11.1 Å². The number of carbonyl (C=O) groups excluding carboxylic acids is 1. The third-order valence-electron chi connectivity index (χ3n) is 1.75. The Morgan fingerprint density at radius 2 is 2.29 bits per heavy atom. The molecule has 0 atom stereocenters. The first-order chi connectivity index (χ1) is 6.61. The van der Waals surface area contributed by atoms with Gasteiger partial charge in [-0.05, 0) is 19.1 Å². The molecular weight excluding hydrogens is 181 g/mol. The number of hydrogen-bond donors (Lipinski definition) is 1. The predicted octanol–water partition coefficient (Wildman–Crippen LogP) is 1.36. The zero-order chi connectivity index (χ0) is 10.6. The summed E-state index contributed by atoms with van der Waals surface area (Å²) in [4.78, 5) is 10.4. The smallest absolute Gasteiger partial charge is 0.229 e. The van der Waals surface area contributed by atoms with Gasteiger partial charge in [0, 0.05) is 11.1 Å². The molecule has 0 aliphatic heterocycles. The number of hydrogen-bond acceptors (Lipinski definition) is 1. The highest BCUT2D eigenvalue weighted by molar-refractivity contribution is 5.76. The lowest BCUT2D eigenvalue weighted by Gasteiger charge is -1.97. The summed E-state index contributed by atoms with van der Waals surface area (Å²) in [7, 11) is 0. The Kier molecular flexibility index (Phi) is 3.24. The summed E-state index contributed by atoms with van der Waals surface area (Å²) in [6.07, 6.45) is -0.00401. The maximum absolute atomic E-state index is 13.0. The van der Waals surface area contributed by atoms with Gasteiger partial charge >= 0.3 is 0 Å². The molecule has 0 bridgehead atoms. The Labute approximate surface area is 81.9 Å². The van der Waals surface area contributed by atoms with Crippen LogP contribution in [0.1, 0.15) is 17.5 Å². The number of amides is 1. The normalized spacial score (nSPS) is 9.00. The maximum atomic E-state index is 13.0. The summed E-state index contributed by atoms with van der Waals surface area (Å²) in [5, 5.41) is 0. The van der Waals surface area contributed by atoms with Crippen molar-refractivity contribution in [3.63, 3.8) is 0 Å². The van der Waals surface area contributed by atoms with Gasteiger partial charge in [-0.2, -0.15) is 0 Å². The summed E-state index contributed by atoms with van der Waals surface area (Å²) < 4.78 is 13.0. The molecule has 0 fully saturated rings. The van der Waals surface area contributed by atoms with Crippen LogP contribution < -0.4 is 5.73 Å². The fraction of sp³-hybridized carbons (Fsp3) is 0.182. The Morgan fingerprint density at radius 1 is 1.57 bits per heavy atom. The summed E-state index contributed by atoms with van der Waals surface area (Å²) in [5.41, 5.74) is 5.99. The highest BCUT2D eigenvalue weighted by Gasteiger charge is 1.99. The van der Waals surface area contributed by atoms with E-state index in [1.165, 1.54) is 6.07 Å². The Balaban J connectivity index is 2.90. The first kappa shape index (κ1) is 10.3. The van der Waals surface area contributed by atoms with Crippen molar-refractivity contribution < 1.29 is 9.18 Å². The van der Waals surface area contributed by atoms with E-state index >= 15 is 0 Å². The second kappa shape index (κ2) is 4.43. The van der Waals surface area contributed by atoms with E-state index in [9.17, 15) is 9.18 Å². The molecule has 0 saturated carbocycles. The largest absolute Gasteiger partial charge is 0.369 e. The van der Waals surface area contributed by atoms with Gasteiger partial charge in [-0.15, -0.1) is 0 Å². The predicted molar refractivity (Wildman–Crippen MR) is 51.8 cm³/mol. The first-order valence-electron chi connectivity index (χ1n) is 4.13. The minimum absolute atomic E-state index is 0.00401. The van der Waals surface area contributed by atoms with Crippen LogP contribution in [0.4, 0.5) is 4.39 Å². The molecular formula is C11H10FNO. The number of primary amides is 1. The lowest BCUT2D eigenvalue weighted by Crippen LogP contribution is -2.08. The van der Waals surface area contributed by atoms with Crippen molar-refractivity contribution in [2.45, 2.75) is 13.3 Å². The van der Waals surface area contributed by atoms with E-state index in [1.54, 1.807) is 19.1 Å². The van der Waals surface area contributed by atoms with Crippen LogP contribution in [0, 0.1) is 24.6 Å². The van der Waals surface area contributed by atoms with Gasteiger partial charge < -0.3 is 5.73 Å². The van der Waals surface area contributed by atoms with Crippen LogP contribution in [-0.2, 0) is 4.79 Å². The van der Waals surface area contributed by atoms with E-state index in [0.717, 1.165) is 0 Å². The molecule has 0 unspecified atom stereocenters. The number of benzene rings is 1. The van der Waals surface area contributed by atoms with Gasteiger partial charge in [-0.25, -0.2) is 4.39 Å². The molecule has 0 spiro atoms. The molecule has 1 rings (SSSR count). The molecule has 1 aromatic carbocycles.